The molecule has 1 unspecified atom stereocenters. The number of aliphatic hydroxyl groups is 1. The molecule has 1 atom stereocenters. The van der Waals surface area contributed by atoms with Crippen molar-refractivity contribution in [1.29, 1.82) is 0 Å². The Labute approximate surface area is 69.0 Å². The number of carbonyl (C=O) groups is 1. The Hall–Kier alpha value is -0.740. The number of rotatable bonds is 1. The van der Waals surface area contributed by atoms with Crippen LogP contribution < -0.4 is 11.3 Å². The number of hydrogen-bond donors (Lipinski definition) is 2. The fraction of sp³-hybridized carbons (Fsp3) is 0.667. The van der Waals surface area contributed by atoms with Crippen LogP contribution in [0.2, 0.25) is 0 Å². The van der Waals surface area contributed by atoms with Crippen LogP contribution >= 0.6 is 0 Å². The standard InChI is InChI=1S/C3H6O3.H3N.H2O4S/c1-2(4)3(5)6;;1-5(2,3)4/h2,4H,1H3,(H,5,6);1H3;(H2,1,2,3,4)/p-2. The molecule has 0 saturated carbocycles. The molecule has 0 spiro atoms. The molecule has 12 heavy (non-hydrogen) atoms. The van der Waals surface area contributed by atoms with Crippen LogP contribution in [-0.2, 0) is 15.2 Å². The highest BCUT2D eigenvalue weighted by molar-refractivity contribution is 7.79. The summed E-state index contributed by atoms with van der Waals surface area (Å²) in [5, 5.41) is 17.3. The first-order chi connectivity index (χ1) is 4.64. The Morgan fingerprint density at radius 2 is 1.50 bits per heavy atom. The van der Waals surface area contributed by atoms with Gasteiger partial charge in [0.2, 0.25) is 0 Å². The lowest BCUT2D eigenvalue weighted by atomic mass is 10.4. The molecule has 0 aromatic rings. The molecule has 0 radical (unpaired) electrons. The fourth-order valence-electron chi connectivity index (χ4n) is 0. The molecule has 76 valence electrons. The van der Waals surface area contributed by atoms with Crippen molar-refractivity contribution in [1.82, 2.24) is 6.15 Å². The zero-order valence-corrected chi connectivity index (χ0v) is 7.20. The molecule has 9 heteroatoms. The van der Waals surface area contributed by atoms with Gasteiger partial charge in [0.1, 0.15) is 0 Å². The average molecular weight is 203 g/mol. The van der Waals surface area contributed by atoms with E-state index in [4.69, 9.17) is 22.6 Å². The first kappa shape index (κ1) is 17.4. The first-order valence-electron chi connectivity index (χ1n) is 2.20. The summed E-state index contributed by atoms with van der Waals surface area (Å²) >= 11 is 0. The molecule has 0 aliphatic heterocycles. The highest BCUT2D eigenvalue weighted by Gasteiger charge is 1.89. The van der Waals surface area contributed by atoms with E-state index < -0.39 is 22.5 Å². The van der Waals surface area contributed by atoms with Crippen molar-refractivity contribution in [2.75, 3.05) is 0 Å². The van der Waals surface area contributed by atoms with E-state index in [1.165, 1.54) is 0 Å². The Morgan fingerprint density at radius 3 is 1.50 bits per heavy atom. The number of quaternary nitrogens is 1. The molecule has 0 heterocycles. The summed E-state index contributed by atoms with van der Waals surface area (Å²) < 4.78 is 34.1. The van der Waals surface area contributed by atoms with Crippen LogP contribution in [0.5, 0.6) is 0 Å². The van der Waals surface area contributed by atoms with Gasteiger partial charge in [-0.15, -0.1) is 0 Å². The number of aliphatic hydroxyl groups excluding tert-OH is 1. The van der Waals surface area contributed by atoms with Crippen LogP contribution in [0.15, 0.2) is 0 Å². The smallest absolute Gasteiger partial charge is 0.0905 e. The van der Waals surface area contributed by atoms with Crippen molar-refractivity contribution < 1.29 is 32.5 Å². The fourth-order valence-corrected chi connectivity index (χ4v) is 0. The van der Waals surface area contributed by atoms with Crippen LogP contribution in [0, 0.1) is 0 Å². The van der Waals surface area contributed by atoms with E-state index in [2.05, 4.69) is 0 Å². The Morgan fingerprint density at radius 1 is 1.42 bits per heavy atom. The minimum absolute atomic E-state index is 0. The van der Waals surface area contributed by atoms with Crippen molar-refractivity contribution in [3.63, 3.8) is 0 Å². The second-order valence-electron chi connectivity index (χ2n) is 1.40. The van der Waals surface area contributed by atoms with Gasteiger partial charge >= 0.3 is 0 Å². The summed E-state index contributed by atoms with van der Waals surface area (Å²) in [6, 6.07) is 0. The number of carbonyl (C=O) groups excluding carboxylic acids is 1. The second-order valence-corrected chi connectivity index (χ2v) is 2.22. The maximum absolute atomic E-state index is 9.34. The zero-order chi connectivity index (χ0) is 9.65. The molecule has 0 aromatic carbocycles. The minimum atomic E-state index is -5.17. The lowest BCUT2D eigenvalue weighted by Gasteiger charge is -2.06. The van der Waals surface area contributed by atoms with Gasteiger partial charge in [-0.3, -0.25) is 8.42 Å². The highest BCUT2D eigenvalue weighted by Crippen LogP contribution is 1.69. The van der Waals surface area contributed by atoms with Gasteiger partial charge in [0.05, 0.1) is 12.1 Å². The van der Waals surface area contributed by atoms with Crippen LogP contribution in [0.25, 0.3) is 0 Å². The predicted molar refractivity (Wildman–Crippen MR) is 33.1 cm³/mol. The molecule has 0 bridgehead atoms. The van der Waals surface area contributed by atoms with E-state index in [-0.39, 0.29) is 6.15 Å². The van der Waals surface area contributed by atoms with Crippen LogP contribution in [0.1, 0.15) is 6.92 Å². The van der Waals surface area contributed by atoms with Crippen LogP contribution in [0.4, 0.5) is 0 Å². The largest absolute Gasteiger partial charge is 0.759 e. The summed E-state index contributed by atoms with van der Waals surface area (Å²) in [4.78, 5) is 9.34. The predicted octanol–water partition coefficient (Wildman–Crippen LogP) is -2.84. The van der Waals surface area contributed by atoms with E-state index in [0.29, 0.717) is 0 Å². The number of hydrogen-bond acceptors (Lipinski definition) is 7. The van der Waals surface area contributed by atoms with Gasteiger partial charge in [-0.25, -0.2) is 0 Å². The van der Waals surface area contributed by atoms with Crippen molar-refractivity contribution in [2.24, 2.45) is 0 Å². The molecule has 0 fully saturated rings. The molecule has 0 rings (SSSR count). The molecule has 0 aromatic heterocycles. The Bertz CT molecular complexity index is 199. The van der Waals surface area contributed by atoms with E-state index in [0.717, 1.165) is 6.92 Å². The lowest BCUT2D eigenvalue weighted by Crippen LogP contribution is -2.32. The molecule has 8 nitrogen and oxygen atoms in total. The number of aliphatic carboxylic acids is 1. The minimum Gasteiger partial charge on any atom is -0.759 e. The third kappa shape index (κ3) is 59.4. The topological polar surface area (TPSA) is 177 Å². The Kier molecular flexibility index (Phi) is 10.0. The summed E-state index contributed by atoms with van der Waals surface area (Å²) in [5.41, 5.74) is 0. The molecule has 0 amide bonds. The quantitative estimate of drug-likeness (QED) is 0.340. The summed E-state index contributed by atoms with van der Waals surface area (Å²) in [5.74, 6) is -1.44. The van der Waals surface area contributed by atoms with E-state index in [1.807, 2.05) is 0 Å². The van der Waals surface area contributed by atoms with Crippen molar-refractivity contribution in [3.05, 3.63) is 0 Å². The number of carboxylic acids is 1. The molecule has 5 N–H and O–H groups in total. The number of carboxylic acid groups (broad SMARTS) is 1. The van der Waals surface area contributed by atoms with E-state index in [1.54, 1.807) is 0 Å². The Balaban J connectivity index is -0.000000126. The maximum Gasteiger partial charge on any atom is 0.0905 e. The lowest BCUT2D eigenvalue weighted by molar-refractivity contribution is -0.314. The average Bonchev–Trinajstić information content (AvgIpc) is 1.59. The summed E-state index contributed by atoms with van der Waals surface area (Å²) in [6.07, 6.45) is -1.34. The molecule has 0 aliphatic rings. The maximum atomic E-state index is 9.34. The van der Waals surface area contributed by atoms with Crippen LogP contribution in [-0.4, -0.2) is 34.7 Å². The van der Waals surface area contributed by atoms with Crippen molar-refractivity contribution in [2.45, 2.75) is 13.0 Å². The summed E-state index contributed by atoms with van der Waals surface area (Å²) in [6.45, 7) is 1.13. The normalized spacial score (nSPS) is 11.7. The molecular formula is C3H9NO7S-2. The molecular weight excluding hydrogens is 194 g/mol. The van der Waals surface area contributed by atoms with Gasteiger partial charge in [-0.1, -0.05) is 0 Å². The third-order valence-electron chi connectivity index (χ3n) is 0.341. The van der Waals surface area contributed by atoms with E-state index in [9.17, 15) is 9.90 Å². The van der Waals surface area contributed by atoms with Gasteiger partial charge < -0.3 is 30.3 Å². The highest BCUT2D eigenvalue weighted by atomic mass is 32.3. The molecule has 0 saturated heterocycles. The van der Waals surface area contributed by atoms with Crippen molar-refractivity contribution in [3.8, 4) is 0 Å². The van der Waals surface area contributed by atoms with Crippen molar-refractivity contribution >= 4 is 16.4 Å². The van der Waals surface area contributed by atoms with Gasteiger partial charge in [0.15, 0.2) is 0 Å². The van der Waals surface area contributed by atoms with Gasteiger partial charge in [-0.05, 0) is 6.92 Å². The third-order valence-corrected chi connectivity index (χ3v) is 0.341. The summed E-state index contributed by atoms with van der Waals surface area (Å²) in [7, 11) is -5.17. The second kappa shape index (κ2) is 6.94. The van der Waals surface area contributed by atoms with Gasteiger partial charge in [0.25, 0.3) is 0 Å². The zero-order valence-electron chi connectivity index (χ0n) is 6.38. The SMILES string of the molecule is CC(O)C(=O)[O-].O=S(=O)([O-])[O-].[NH4+]. The van der Waals surface area contributed by atoms with Crippen LogP contribution in [0.3, 0.4) is 0 Å². The van der Waals surface area contributed by atoms with E-state index >= 15 is 0 Å². The first-order valence-corrected chi connectivity index (χ1v) is 3.53. The van der Waals surface area contributed by atoms with Gasteiger partial charge in [-0.2, -0.15) is 0 Å². The molecule has 0 aliphatic carbocycles. The van der Waals surface area contributed by atoms with Gasteiger partial charge in [0, 0.05) is 10.4 Å². The monoisotopic (exact) mass is 203 g/mol.